The number of fused-ring (bicyclic) bond motifs is 1. The van der Waals surface area contributed by atoms with Gasteiger partial charge in [0.25, 0.3) is 0 Å². The van der Waals surface area contributed by atoms with Gasteiger partial charge in [-0.15, -0.1) is 0 Å². The molecule has 0 saturated carbocycles. The van der Waals surface area contributed by atoms with Gasteiger partial charge in [0, 0.05) is 16.6 Å². The van der Waals surface area contributed by atoms with Gasteiger partial charge in [0.05, 0.1) is 12.3 Å². The molecular weight excluding hydrogens is 230 g/mol. The Bertz CT molecular complexity index is 642. The second kappa shape index (κ2) is 3.98. The highest BCUT2D eigenvalue weighted by Gasteiger charge is 2.34. The predicted octanol–water partition coefficient (Wildman–Crippen LogP) is 2.11. The SMILES string of the molecule is Cc1[nH]c2ccccc2c1C[C@@H]1CC(=O)OC1=O. The summed E-state index contributed by atoms with van der Waals surface area (Å²) in [4.78, 5) is 25.9. The molecular formula is C14H13NO3. The summed E-state index contributed by atoms with van der Waals surface area (Å²) in [5, 5.41) is 1.11. The smallest absolute Gasteiger partial charge is 0.317 e. The van der Waals surface area contributed by atoms with Gasteiger partial charge in [0.15, 0.2) is 0 Å². The Hall–Kier alpha value is -2.10. The molecule has 4 nitrogen and oxygen atoms in total. The minimum Gasteiger partial charge on any atom is -0.393 e. The highest BCUT2D eigenvalue weighted by atomic mass is 16.6. The molecule has 3 rings (SSSR count). The first-order chi connectivity index (χ1) is 8.65. The third kappa shape index (κ3) is 1.70. The lowest BCUT2D eigenvalue weighted by Gasteiger charge is -2.04. The number of hydrogen-bond donors (Lipinski definition) is 1. The van der Waals surface area contributed by atoms with E-state index >= 15 is 0 Å². The van der Waals surface area contributed by atoms with Crippen molar-refractivity contribution in [1.29, 1.82) is 0 Å². The van der Waals surface area contributed by atoms with E-state index in [2.05, 4.69) is 9.72 Å². The van der Waals surface area contributed by atoms with Gasteiger partial charge in [-0.05, 0) is 25.0 Å². The molecule has 0 spiro atoms. The molecule has 0 radical (unpaired) electrons. The minimum atomic E-state index is -0.414. The molecule has 1 N–H and O–H groups in total. The normalized spacial score (nSPS) is 19.5. The standard InChI is InChI=1S/C14H13NO3/c1-8-11(6-9-7-13(16)18-14(9)17)10-4-2-3-5-12(10)15-8/h2-5,9,15H,6-7H2,1H3/t9-/m1/s1. The monoisotopic (exact) mass is 243 g/mol. The van der Waals surface area contributed by atoms with Crippen LogP contribution in [0.5, 0.6) is 0 Å². The number of aromatic amines is 1. The minimum absolute atomic E-state index is 0.192. The summed E-state index contributed by atoms with van der Waals surface area (Å²) in [5.74, 6) is -1.15. The number of carbonyl (C=O) groups is 2. The maximum atomic E-state index is 11.5. The Morgan fingerprint density at radius 1 is 1.33 bits per heavy atom. The van der Waals surface area contributed by atoms with Gasteiger partial charge in [-0.25, -0.2) is 0 Å². The van der Waals surface area contributed by atoms with Crippen LogP contribution in [0.3, 0.4) is 0 Å². The lowest BCUT2D eigenvalue weighted by molar-refractivity contribution is -0.153. The first-order valence-electron chi connectivity index (χ1n) is 5.96. The van der Waals surface area contributed by atoms with Crippen molar-refractivity contribution in [1.82, 2.24) is 4.98 Å². The molecule has 2 heterocycles. The third-order valence-electron chi connectivity index (χ3n) is 3.44. The van der Waals surface area contributed by atoms with E-state index in [4.69, 9.17) is 0 Å². The first-order valence-corrected chi connectivity index (χ1v) is 5.96. The zero-order chi connectivity index (χ0) is 12.7. The number of cyclic esters (lactones) is 2. The van der Waals surface area contributed by atoms with Crippen LogP contribution in [0.25, 0.3) is 10.9 Å². The van der Waals surface area contributed by atoms with Crippen LogP contribution < -0.4 is 0 Å². The van der Waals surface area contributed by atoms with Gasteiger partial charge in [-0.3, -0.25) is 9.59 Å². The van der Waals surface area contributed by atoms with E-state index in [-0.39, 0.29) is 12.3 Å². The predicted molar refractivity (Wildman–Crippen MR) is 65.9 cm³/mol. The van der Waals surface area contributed by atoms with Gasteiger partial charge in [-0.1, -0.05) is 18.2 Å². The molecule has 2 aromatic rings. The van der Waals surface area contributed by atoms with Crippen molar-refractivity contribution in [2.45, 2.75) is 19.8 Å². The van der Waals surface area contributed by atoms with Crippen molar-refractivity contribution < 1.29 is 14.3 Å². The maximum Gasteiger partial charge on any atom is 0.317 e. The number of aromatic nitrogens is 1. The van der Waals surface area contributed by atoms with Crippen molar-refractivity contribution >= 4 is 22.8 Å². The summed E-state index contributed by atoms with van der Waals surface area (Å²) in [6, 6.07) is 7.97. The Morgan fingerprint density at radius 2 is 2.11 bits per heavy atom. The molecule has 1 atom stereocenters. The van der Waals surface area contributed by atoms with Crippen LogP contribution in [0.4, 0.5) is 0 Å². The number of carbonyl (C=O) groups excluding carboxylic acids is 2. The van der Waals surface area contributed by atoms with Crippen molar-refractivity contribution in [2.75, 3.05) is 0 Å². The van der Waals surface area contributed by atoms with Crippen LogP contribution in [0.15, 0.2) is 24.3 Å². The number of H-pyrrole nitrogens is 1. The average molecular weight is 243 g/mol. The summed E-state index contributed by atoms with van der Waals surface area (Å²) in [6.07, 6.45) is 0.748. The van der Waals surface area contributed by atoms with E-state index < -0.39 is 11.9 Å². The molecule has 0 bridgehead atoms. The van der Waals surface area contributed by atoms with E-state index in [1.54, 1.807) is 0 Å². The lowest BCUT2D eigenvalue weighted by atomic mass is 9.96. The Balaban J connectivity index is 1.97. The summed E-state index contributed by atoms with van der Waals surface area (Å²) in [7, 11) is 0. The number of aryl methyl sites for hydroxylation is 1. The highest BCUT2D eigenvalue weighted by Crippen LogP contribution is 2.28. The molecule has 18 heavy (non-hydrogen) atoms. The Morgan fingerprint density at radius 3 is 2.83 bits per heavy atom. The number of para-hydroxylation sites is 1. The summed E-state index contributed by atoms with van der Waals surface area (Å²) in [5.41, 5.74) is 3.20. The van der Waals surface area contributed by atoms with Crippen LogP contribution in [0.1, 0.15) is 17.7 Å². The Kier molecular flexibility index (Phi) is 2.44. The molecule has 1 fully saturated rings. The second-order valence-corrected chi connectivity index (χ2v) is 4.67. The summed E-state index contributed by atoms with van der Waals surface area (Å²) < 4.78 is 4.59. The Labute approximate surface area is 104 Å². The second-order valence-electron chi connectivity index (χ2n) is 4.67. The number of rotatable bonds is 2. The fourth-order valence-corrected chi connectivity index (χ4v) is 2.52. The number of hydrogen-bond acceptors (Lipinski definition) is 3. The van der Waals surface area contributed by atoms with Gasteiger partial charge in [0.2, 0.25) is 0 Å². The zero-order valence-corrected chi connectivity index (χ0v) is 10.0. The van der Waals surface area contributed by atoms with Crippen LogP contribution >= 0.6 is 0 Å². The van der Waals surface area contributed by atoms with E-state index in [1.807, 2.05) is 31.2 Å². The van der Waals surface area contributed by atoms with Crippen LogP contribution in [-0.4, -0.2) is 16.9 Å². The molecule has 0 unspecified atom stereocenters. The van der Waals surface area contributed by atoms with E-state index in [0.29, 0.717) is 6.42 Å². The number of benzene rings is 1. The third-order valence-corrected chi connectivity index (χ3v) is 3.44. The summed E-state index contributed by atoms with van der Waals surface area (Å²) >= 11 is 0. The molecule has 0 aliphatic carbocycles. The van der Waals surface area contributed by atoms with Crippen molar-refractivity contribution in [3.63, 3.8) is 0 Å². The highest BCUT2D eigenvalue weighted by molar-refractivity contribution is 5.95. The topological polar surface area (TPSA) is 59.2 Å². The number of esters is 2. The molecule has 1 aliphatic rings. The van der Waals surface area contributed by atoms with Crippen LogP contribution in [0, 0.1) is 12.8 Å². The van der Waals surface area contributed by atoms with Crippen molar-refractivity contribution in [3.8, 4) is 0 Å². The van der Waals surface area contributed by atoms with Gasteiger partial charge in [0.1, 0.15) is 0 Å². The molecule has 0 amide bonds. The number of ether oxygens (including phenoxy) is 1. The first kappa shape index (κ1) is 11.0. The quantitative estimate of drug-likeness (QED) is 0.649. The van der Waals surface area contributed by atoms with Gasteiger partial charge < -0.3 is 9.72 Å². The lowest BCUT2D eigenvalue weighted by Crippen LogP contribution is -2.11. The van der Waals surface area contributed by atoms with Crippen LogP contribution in [0.2, 0.25) is 0 Å². The van der Waals surface area contributed by atoms with Crippen molar-refractivity contribution in [2.24, 2.45) is 5.92 Å². The fraction of sp³-hybridized carbons (Fsp3) is 0.286. The largest absolute Gasteiger partial charge is 0.393 e. The van der Waals surface area contributed by atoms with Crippen molar-refractivity contribution in [3.05, 3.63) is 35.5 Å². The van der Waals surface area contributed by atoms with E-state index in [0.717, 1.165) is 22.2 Å². The molecule has 1 aromatic heterocycles. The van der Waals surface area contributed by atoms with Crippen LogP contribution in [-0.2, 0) is 20.7 Å². The maximum absolute atomic E-state index is 11.5. The average Bonchev–Trinajstić information content (AvgIpc) is 2.81. The zero-order valence-electron chi connectivity index (χ0n) is 10.0. The molecule has 1 aliphatic heterocycles. The van der Waals surface area contributed by atoms with E-state index in [1.165, 1.54) is 0 Å². The fourth-order valence-electron chi connectivity index (χ4n) is 2.52. The van der Waals surface area contributed by atoms with E-state index in [9.17, 15) is 9.59 Å². The number of nitrogens with one attached hydrogen (secondary N) is 1. The molecule has 4 heteroatoms. The van der Waals surface area contributed by atoms with Gasteiger partial charge in [-0.2, -0.15) is 0 Å². The molecule has 1 aromatic carbocycles. The molecule has 92 valence electrons. The molecule has 1 saturated heterocycles. The summed E-state index contributed by atoms with van der Waals surface area (Å²) in [6.45, 7) is 1.98. The van der Waals surface area contributed by atoms with Gasteiger partial charge >= 0.3 is 11.9 Å².